The zero-order chi connectivity index (χ0) is 33.2. The summed E-state index contributed by atoms with van der Waals surface area (Å²) in [5.41, 5.74) is 1.71. The minimum absolute atomic E-state index is 0.0126. The fraction of sp³-hybridized carbons (Fsp3) is 0.108. The van der Waals surface area contributed by atoms with Crippen LogP contribution < -0.4 is 33.9 Å². The lowest BCUT2D eigenvalue weighted by Crippen LogP contribution is -2.38. The summed E-state index contributed by atoms with van der Waals surface area (Å²) >= 11 is 7.97. The molecule has 5 aromatic carbocycles. The van der Waals surface area contributed by atoms with Gasteiger partial charge < -0.3 is 38.9 Å². The van der Waals surface area contributed by atoms with Gasteiger partial charge in [-0.2, -0.15) is 4.57 Å². The molecule has 0 saturated carbocycles. The molecule has 0 spiro atoms. The van der Waals surface area contributed by atoms with Gasteiger partial charge in [0.1, 0.15) is 29.4 Å². The standard InChI is InChI=1S/C37H27ClN2O7S/c38-24-14-15-31-28(21-24)39(17-19-45-29-11-5-3-9-26(29)36(41)42)33(47-31)22-34-40(18-20-46-30-12-6-4-10-27(30)37(43)44)35-25-8-2-1-7-23(25)13-16-32(35)48-34/h1-16,21-22H,17-20H2,(H-,41,42,43,44)/p-1. The summed E-state index contributed by atoms with van der Waals surface area (Å²) in [5.74, 6) is -1.04. The molecule has 0 saturated heterocycles. The fourth-order valence-corrected chi connectivity index (χ4v) is 7.03. The van der Waals surface area contributed by atoms with Crippen LogP contribution in [0.4, 0.5) is 5.69 Å². The van der Waals surface area contributed by atoms with Crippen molar-refractivity contribution in [3.63, 3.8) is 0 Å². The number of ether oxygens (including phenoxy) is 3. The average molecular weight is 678 g/mol. The van der Waals surface area contributed by atoms with E-state index in [0.29, 0.717) is 29.7 Å². The lowest BCUT2D eigenvalue weighted by atomic mass is 10.1. The number of carbonyl (C=O) groups excluding carboxylic acids is 2. The third-order valence-electron chi connectivity index (χ3n) is 7.91. The molecule has 0 amide bonds. The lowest BCUT2D eigenvalue weighted by molar-refractivity contribution is -0.668. The number of nitrogens with zero attached hydrogens (tertiary/aromatic N) is 2. The molecule has 0 bridgehead atoms. The predicted octanol–water partition coefficient (Wildman–Crippen LogP) is 5.08. The van der Waals surface area contributed by atoms with Crippen molar-refractivity contribution in [3.8, 4) is 17.2 Å². The van der Waals surface area contributed by atoms with E-state index < -0.39 is 11.9 Å². The van der Waals surface area contributed by atoms with Gasteiger partial charge in [0.05, 0.1) is 35.6 Å². The Morgan fingerprint density at radius 1 is 0.833 bits per heavy atom. The van der Waals surface area contributed by atoms with Crippen molar-refractivity contribution >= 4 is 67.6 Å². The number of hydrogen-bond donors (Lipinski definition) is 0. The van der Waals surface area contributed by atoms with Crippen LogP contribution in [0.25, 0.3) is 27.1 Å². The van der Waals surface area contributed by atoms with Gasteiger partial charge >= 0.3 is 0 Å². The summed E-state index contributed by atoms with van der Waals surface area (Å²) in [6.45, 7) is 1.04. The predicted molar refractivity (Wildman–Crippen MR) is 179 cm³/mol. The zero-order valence-electron chi connectivity index (χ0n) is 25.3. The van der Waals surface area contributed by atoms with E-state index in [1.165, 1.54) is 12.1 Å². The molecule has 48 heavy (non-hydrogen) atoms. The van der Waals surface area contributed by atoms with Crippen LogP contribution in [0.2, 0.25) is 5.02 Å². The number of anilines is 1. The maximum absolute atomic E-state index is 11.7. The van der Waals surface area contributed by atoms with E-state index in [0.717, 1.165) is 31.7 Å². The Bertz CT molecular complexity index is 2230. The maximum atomic E-state index is 11.7. The number of hydrogen-bond acceptors (Lipinski definition) is 9. The van der Waals surface area contributed by atoms with Crippen LogP contribution in [0.15, 0.2) is 109 Å². The van der Waals surface area contributed by atoms with E-state index in [4.69, 9.17) is 25.8 Å². The maximum Gasteiger partial charge on any atom is 0.268 e. The number of rotatable bonds is 11. The monoisotopic (exact) mass is 677 g/mol. The minimum atomic E-state index is -1.32. The van der Waals surface area contributed by atoms with Gasteiger partial charge in [-0.05, 0) is 60.0 Å². The van der Waals surface area contributed by atoms with Gasteiger partial charge in [0.2, 0.25) is 11.4 Å². The van der Waals surface area contributed by atoms with E-state index in [9.17, 15) is 19.8 Å². The van der Waals surface area contributed by atoms with Crippen molar-refractivity contribution in [2.45, 2.75) is 6.54 Å². The summed E-state index contributed by atoms with van der Waals surface area (Å²) in [6, 6.07) is 30.4. The normalized spacial score (nSPS) is 13.1. The van der Waals surface area contributed by atoms with Gasteiger partial charge in [0, 0.05) is 16.1 Å². The molecule has 0 aliphatic carbocycles. The van der Waals surface area contributed by atoms with Crippen molar-refractivity contribution in [1.82, 2.24) is 0 Å². The van der Waals surface area contributed by atoms with E-state index in [2.05, 4.69) is 28.8 Å². The molecule has 0 fully saturated rings. The van der Waals surface area contributed by atoms with Gasteiger partial charge in [-0.15, -0.1) is 0 Å². The Morgan fingerprint density at radius 3 is 2.23 bits per heavy atom. The third-order valence-corrected chi connectivity index (χ3v) is 9.24. The number of benzene rings is 5. The van der Waals surface area contributed by atoms with Gasteiger partial charge in [-0.25, -0.2) is 0 Å². The molecule has 2 heterocycles. The van der Waals surface area contributed by atoms with Crippen molar-refractivity contribution in [3.05, 3.63) is 130 Å². The number of carbonyl (C=O) groups is 2. The molecule has 0 unspecified atom stereocenters. The van der Waals surface area contributed by atoms with Crippen molar-refractivity contribution in [2.24, 2.45) is 0 Å². The molecule has 0 atom stereocenters. The molecule has 0 radical (unpaired) electrons. The van der Waals surface area contributed by atoms with Crippen LogP contribution in [-0.2, 0) is 6.54 Å². The van der Waals surface area contributed by atoms with E-state index >= 15 is 0 Å². The third kappa shape index (κ3) is 6.11. The molecule has 0 N–H and O–H groups in total. The van der Waals surface area contributed by atoms with Crippen LogP contribution in [0.1, 0.15) is 25.7 Å². The molecular weight excluding hydrogens is 652 g/mol. The van der Waals surface area contributed by atoms with Gasteiger partial charge in [-0.1, -0.05) is 71.5 Å². The van der Waals surface area contributed by atoms with Gasteiger partial charge in [0.15, 0.2) is 12.3 Å². The van der Waals surface area contributed by atoms with E-state index in [1.807, 2.05) is 29.2 Å². The minimum Gasteiger partial charge on any atom is -0.545 e. The molecule has 9 nitrogen and oxygen atoms in total. The summed E-state index contributed by atoms with van der Waals surface area (Å²) < 4.78 is 21.4. The smallest absolute Gasteiger partial charge is 0.268 e. The quantitative estimate of drug-likeness (QED) is 0.175. The SMILES string of the molecule is O=C([O-])c1ccccc1OCCN1C(=Cc2sc3ccc4ccccc4c3[n+]2CCOc2ccccc2C(=O)[O-])Oc2ccc(Cl)cc21. The molecule has 1 aromatic heterocycles. The Balaban J connectivity index is 1.25. The number of thiazole rings is 1. The molecule has 1 aliphatic rings. The highest BCUT2D eigenvalue weighted by atomic mass is 35.5. The molecule has 7 rings (SSSR count). The number of para-hydroxylation sites is 2. The highest BCUT2D eigenvalue weighted by Gasteiger charge is 2.30. The molecule has 1 aliphatic heterocycles. The number of carboxylic acids is 2. The highest BCUT2D eigenvalue weighted by Crippen LogP contribution is 2.41. The number of aromatic carboxylic acids is 2. The summed E-state index contributed by atoms with van der Waals surface area (Å²) in [7, 11) is 0. The van der Waals surface area contributed by atoms with Crippen LogP contribution in [0.3, 0.4) is 0 Å². The zero-order valence-corrected chi connectivity index (χ0v) is 26.8. The Hall–Kier alpha value is -5.58. The van der Waals surface area contributed by atoms with Gasteiger partial charge in [0.25, 0.3) is 5.01 Å². The highest BCUT2D eigenvalue weighted by molar-refractivity contribution is 7.19. The Morgan fingerprint density at radius 2 is 1.50 bits per heavy atom. The van der Waals surface area contributed by atoms with Crippen molar-refractivity contribution in [1.29, 1.82) is 0 Å². The summed E-state index contributed by atoms with van der Waals surface area (Å²) in [5, 5.41) is 26.8. The van der Waals surface area contributed by atoms with Gasteiger partial charge in [-0.3, -0.25) is 0 Å². The van der Waals surface area contributed by atoms with Crippen LogP contribution >= 0.6 is 22.9 Å². The molecule has 11 heteroatoms. The van der Waals surface area contributed by atoms with E-state index in [1.54, 1.807) is 59.9 Å². The number of aromatic nitrogens is 1. The average Bonchev–Trinajstić information content (AvgIpc) is 3.62. The van der Waals surface area contributed by atoms with Crippen LogP contribution in [-0.4, -0.2) is 31.7 Å². The first kappa shape index (κ1) is 31.0. The Labute approximate surface area is 284 Å². The second-order valence-electron chi connectivity index (χ2n) is 10.8. The first-order valence-electron chi connectivity index (χ1n) is 15.0. The Kier molecular flexibility index (Phi) is 8.58. The van der Waals surface area contributed by atoms with Crippen LogP contribution in [0, 0.1) is 0 Å². The number of carboxylic acid groups (broad SMARTS) is 2. The fourth-order valence-electron chi connectivity index (χ4n) is 5.74. The topological polar surface area (TPSA) is 115 Å². The van der Waals surface area contributed by atoms with E-state index in [-0.39, 0.29) is 35.8 Å². The molecule has 6 aromatic rings. The second-order valence-corrected chi connectivity index (χ2v) is 12.3. The van der Waals surface area contributed by atoms with Crippen LogP contribution in [0.5, 0.6) is 17.2 Å². The summed E-state index contributed by atoms with van der Waals surface area (Å²) in [4.78, 5) is 25.2. The first-order valence-corrected chi connectivity index (χ1v) is 16.2. The van der Waals surface area contributed by atoms with Crippen molar-refractivity contribution in [2.75, 3.05) is 24.7 Å². The lowest BCUT2D eigenvalue weighted by Gasteiger charge is -2.19. The number of fused-ring (bicyclic) bond motifs is 4. The van der Waals surface area contributed by atoms with Crippen molar-refractivity contribution < 1.29 is 38.6 Å². The molecule has 240 valence electrons. The first-order chi connectivity index (χ1) is 23.4. The second kappa shape index (κ2) is 13.3. The summed E-state index contributed by atoms with van der Waals surface area (Å²) in [6.07, 6.45) is 1.94. The largest absolute Gasteiger partial charge is 0.545 e. The molecular formula is C37H26ClN2O7S-. The number of halogens is 1.